The van der Waals surface area contributed by atoms with Gasteiger partial charge in [-0.05, 0) is 33.2 Å². The van der Waals surface area contributed by atoms with E-state index in [-0.39, 0.29) is 57.7 Å². The third kappa shape index (κ3) is 26.9. The van der Waals surface area contributed by atoms with Crippen LogP contribution in [-0.2, 0) is 26.5 Å². The summed E-state index contributed by atoms with van der Waals surface area (Å²) in [5.41, 5.74) is 11.0. The quantitative estimate of drug-likeness (QED) is 0.199. The molecule has 1 aliphatic carbocycles. The first-order chi connectivity index (χ1) is 12.1. The molecule has 0 aromatic heterocycles. The summed E-state index contributed by atoms with van der Waals surface area (Å²) in [6.07, 6.45) is 9.02. The van der Waals surface area contributed by atoms with Gasteiger partial charge in [0.25, 0.3) is 0 Å². The van der Waals surface area contributed by atoms with E-state index in [2.05, 4.69) is 61.5 Å². The summed E-state index contributed by atoms with van der Waals surface area (Å²) in [5, 5.41) is 0. The molecule has 1 radical (unpaired) electrons. The van der Waals surface area contributed by atoms with Gasteiger partial charge in [0.1, 0.15) is 0 Å². The molecule has 1 aliphatic rings. The maximum atomic E-state index is 6.94. The zero-order chi connectivity index (χ0) is 21.8. The molecule has 1 rings (SSSR count). The van der Waals surface area contributed by atoms with Crippen molar-refractivity contribution < 1.29 is 26.5 Å². The van der Waals surface area contributed by atoms with Crippen LogP contribution in [-0.4, -0.2) is 27.5 Å². The molecule has 1 N–H and O–H groups in total. The van der Waals surface area contributed by atoms with E-state index in [9.17, 15) is 0 Å². The normalized spacial score (nSPS) is 16.4. The van der Waals surface area contributed by atoms with E-state index in [1.807, 2.05) is 31.0 Å². The molecule has 2 nitrogen and oxygen atoms in total. The van der Waals surface area contributed by atoms with Crippen molar-refractivity contribution in [3.05, 3.63) is 28.5 Å². The van der Waals surface area contributed by atoms with Gasteiger partial charge in [0.15, 0.2) is 0 Å². The van der Waals surface area contributed by atoms with Crippen LogP contribution in [0.5, 0.6) is 0 Å². The first-order valence-electron chi connectivity index (χ1n) is 10.6. The first-order valence-corrected chi connectivity index (χ1v) is 11.6. The first kappa shape index (κ1) is 41.2. The Hall–Kier alpha value is 0.911. The summed E-state index contributed by atoms with van der Waals surface area (Å²) < 4.78 is 5.94. The second-order valence-corrected chi connectivity index (χ2v) is 10.3. The average Bonchev–Trinajstić information content (AvgIpc) is 2.70. The molecule has 179 valence electrons. The number of hydrogen-bond acceptors (Lipinski definition) is 1. The Morgan fingerprint density at radius 1 is 1.03 bits per heavy atom. The van der Waals surface area contributed by atoms with Crippen molar-refractivity contribution in [1.29, 1.82) is 0 Å². The van der Waals surface area contributed by atoms with E-state index in [4.69, 9.17) is 10.5 Å². The van der Waals surface area contributed by atoms with E-state index in [0.717, 1.165) is 0 Å². The van der Waals surface area contributed by atoms with E-state index < -0.39 is 0 Å². The Balaban J connectivity index is -0.000000108. The fraction of sp³-hybridized carbons (Fsp3) is 0.833. The number of rotatable bonds is 6. The van der Waals surface area contributed by atoms with Gasteiger partial charge in [0.2, 0.25) is 0 Å². The Kier molecular flexibility index (Phi) is 28.2. The van der Waals surface area contributed by atoms with Gasteiger partial charge in [-0.3, -0.25) is 6.08 Å². The van der Waals surface area contributed by atoms with Gasteiger partial charge < -0.3 is 10.5 Å². The number of nitrogens with one attached hydrogen (secondary N) is 1. The summed E-state index contributed by atoms with van der Waals surface area (Å²) >= 11 is 0. The third-order valence-corrected chi connectivity index (χ3v) is 4.85. The summed E-state index contributed by atoms with van der Waals surface area (Å²) in [6.45, 7) is 22.9. The molecule has 0 spiro atoms. The topological polar surface area (TPSA) is 33.0 Å². The van der Waals surface area contributed by atoms with Gasteiger partial charge in [-0.25, -0.2) is 5.57 Å². The number of unbranched alkanes of at least 4 members (excludes halogenated alkanes) is 2. The minimum atomic E-state index is -0.250. The summed E-state index contributed by atoms with van der Waals surface area (Å²) in [4.78, 5) is 0. The zero-order valence-corrected chi connectivity index (χ0v) is 26.2. The van der Waals surface area contributed by atoms with Crippen LogP contribution in [0.2, 0.25) is 6.04 Å². The fourth-order valence-corrected chi connectivity index (χ4v) is 2.95. The molecule has 0 saturated heterocycles. The van der Waals surface area contributed by atoms with Crippen LogP contribution in [0.15, 0.2) is 16.7 Å². The number of hydrogen-bond donors (Lipinski definition) is 0. The SMILES string of the molecule is CC(C)(C)[NH-].CC1=[C-]C(C)C(C)=C1C.CCCCCC(C[SiH2])OC(C)(C)C.Cl.Cl.[Ti+2]. The zero-order valence-electron chi connectivity index (χ0n) is 21.6. The number of halogens is 2. The summed E-state index contributed by atoms with van der Waals surface area (Å²) in [5.74, 6) is 0.560. The van der Waals surface area contributed by atoms with Crippen LogP contribution >= 0.6 is 24.8 Å². The van der Waals surface area contributed by atoms with Crippen LogP contribution in [0.4, 0.5) is 0 Å². The van der Waals surface area contributed by atoms with Crippen molar-refractivity contribution in [1.82, 2.24) is 0 Å². The molecule has 2 unspecified atom stereocenters. The van der Waals surface area contributed by atoms with Crippen molar-refractivity contribution >= 4 is 35.1 Å². The number of allylic oxidation sites excluding steroid dienone is 4. The molecule has 0 aromatic rings. The van der Waals surface area contributed by atoms with Crippen molar-refractivity contribution in [2.24, 2.45) is 5.92 Å². The molecule has 30 heavy (non-hydrogen) atoms. The van der Waals surface area contributed by atoms with Gasteiger partial charge in [-0.2, -0.15) is 11.1 Å². The second-order valence-electron chi connectivity index (χ2n) is 9.69. The van der Waals surface area contributed by atoms with Gasteiger partial charge in [-0.1, -0.05) is 73.6 Å². The smallest absolute Gasteiger partial charge is 0.673 e. The van der Waals surface area contributed by atoms with Crippen LogP contribution < -0.4 is 0 Å². The molecule has 0 fully saturated rings. The fourth-order valence-electron chi connectivity index (χ4n) is 2.55. The van der Waals surface area contributed by atoms with E-state index >= 15 is 0 Å². The summed E-state index contributed by atoms with van der Waals surface area (Å²) in [6, 6.07) is 1.17. The van der Waals surface area contributed by atoms with Crippen molar-refractivity contribution in [3.63, 3.8) is 0 Å². The van der Waals surface area contributed by atoms with Gasteiger partial charge >= 0.3 is 21.7 Å². The minimum Gasteiger partial charge on any atom is -0.673 e. The molecular weight excluding hydrogens is 465 g/mol. The van der Waals surface area contributed by atoms with Crippen LogP contribution in [0.1, 0.15) is 102 Å². The van der Waals surface area contributed by atoms with Gasteiger partial charge in [0.05, 0.1) is 11.7 Å². The average molecular weight is 516 g/mol. The molecule has 0 saturated carbocycles. The Labute approximate surface area is 220 Å². The molecule has 6 heteroatoms. The van der Waals surface area contributed by atoms with Gasteiger partial charge in [-0.15, -0.1) is 37.3 Å². The maximum Gasteiger partial charge on any atom is 2.00 e. The molecule has 2 atom stereocenters. The van der Waals surface area contributed by atoms with Crippen molar-refractivity contribution in [2.45, 2.75) is 125 Å². The van der Waals surface area contributed by atoms with Crippen LogP contribution in [0, 0.1) is 12.0 Å². The second kappa shape index (κ2) is 20.5. The van der Waals surface area contributed by atoms with Gasteiger partial charge in [0, 0.05) is 10.2 Å². The molecule has 0 aliphatic heterocycles. The predicted molar refractivity (Wildman–Crippen MR) is 141 cm³/mol. The standard InChI is InChI=1S/C11H25OSi.C9H13.C4H10N.2ClH.Ti/c1-5-6-7-8-10(9-13)12-11(2,3)4;1-6-5-7(2)9(4)8(6)3;1-4(2,3)5;;;/h10H,5-9,13H2,1-4H3;6H,1-4H3;5H,1-3H3;2*1H;/q;2*-1;;;+2. The molecule has 0 amide bonds. The Morgan fingerprint density at radius 2 is 1.47 bits per heavy atom. The molecule has 0 bridgehead atoms. The Morgan fingerprint density at radius 3 is 1.67 bits per heavy atom. The predicted octanol–water partition coefficient (Wildman–Crippen LogP) is 8.20. The van der Waals surface area contributed by atoms with E-state index in [1.54, 1.807) is 0 Å². The minimum absolute atomic E-state index is 0. The molecule has 0 aromatic carbocycles. The van der Waals surface area contributed by atoms with E-state index in [1.165, 1.54) is 48.4 Å². The summed E-state index contributed by atoms with van der Waals surface area (Å²) in [7, 11) is 2.02. The molecule has 0 heterocycles. The van der Waals surface area contributed by atoms with Crippen molar-refractivity contribution in [2.75, 3.05) is 0 Å². The van der Waals surface area contributed by atoms with Crippen LogP contribution in [0.3, 0.4) is 0 Å². The Bertz CT molecular complexity index is 463. The number of ether oxygens (including phenoxy) is 1. The van der Waals surface area contributed by atoms with Crippen LogP contribution in [0.25, 0.3) is 5.73 Å². The monoisotopic (exact) mass is 514 g/mol. The van der Waals surface area contributed by atoms with E-state index in [0.29, 0.717) is 12.0 Å². The molecular formula is C24H50Cl2NOSiTi. The third-order valence-electron chi connectivity index (χ3n) is 4.21. The largest absolute Gasteiger partial charge is 2.00 e. The maximum absolute atomic E-state index is 6.94. The van der Waals surface area contributed by atoms with Crippen molar-refractivity contribution in [3.8, 4) is 0 Å².